The van der Waals surface area contributed by atoms with E-state index in [1.54, 1.807) is 24.3 Å². The monoisotopic (exact) mass is 281 g/mol. The lowest BCUT2D eigenvalue weighted by Crippen LogP contribution is -2.42. The van der Waals surface area contributed by atoms with E-state index in [-0.39, 0.29) is 12.1 Å². The Morgan fingerprint density at radius 2 is 1.95 bits per heavy atom. The molecule has 1 rings (SSSR count). The van der Waals surface area contributed by atoms with Crippen LogP contribution in [0.5, 0.6) is 5.75 Å². The van der Waals surface area contributed by atoms with E-state index in [4.69, 9.17) is 10.5 Å². The highest BCUT2D eigenvalue weighted by atomic mass is 16.5. The van der Waals surface area contributed by atoms with Crippen molar-refractivity contribution in [2.45, 2.75) is 32.4 Å². The molecule has 0 aliphatic rings. The molecule has 0 unspecified atom stereocenters. The zero-order chi connectivity index (χ0) is 15.2. The van der Waals surface area contributed by atoms with Gasteiger partial charge in [-0.05, 0) is 45.0 Å². The second-order valence-corrected chi connectivity index (χ2v) is 5.61. The van der Waals surface area contributed by atoms with Crippen LogP contribution in [0.2, 0.25) is 0 Å². The molecular formula is C14H23N3O3. The summed E-state index contributed by atoms with van der Waals surface area (Å²) in [7, 11) is 0. The van der Waals surface area contributed by atoms with Crippen molar-refractivity contribution in [2.24, 2.45) is 5.73 Å². The van der Waals surface area contributed by atoms with Crippen molar-refractivity contribution in [1.29, 1.82) is 0 Å². The first kappa shape index (κ1) is 16.3. The third-order valence-corrected chi connectivity index (χ3v) is 2.43. The summed E-state index contributed by atoms with van der Waals surface area (Å²) in [5.41, 5.74) is 5.57. The molecule has 112 valence electrons. The summed E-state index contributed by atoms with van der Waals surface area (Å²) in [4.78, 5) is 10.7. The Bertz CT molecular complexity index is 426. The van der Waals surface area contributed by atoms with Gasteiger partial charge in [0.15, 0.2) is 0 Å². The van der Waals surface area contributed by atoms with E-state index < -0.39 is 12.1 Å². The van der Waals surface area contributed by atoms with Crippen LogP contribution in [0.1, 0.15) is 20.8 Å². The van der Waals surface area contributed by atoms with Crippen molar-refractivity contribution >= 4 is 11.7 Å². The number of aliphatic hydroxyl groups is 1. The standard InChI is InChI=1S/C14H23N3O3/c1-14(2,3)16-8-11(18)9-20-12-6-4-10(5-7-12)17-13(15)19/h4-7,11,16,18H,8-9H2,1-3H3,(H3,15,17,19)/t11-/m1/s1. The molecule has 1 atom stereocenters. The molecule has 6 heteroatoms. The Labute approximate surface area is 119 Å². The molecule has 0 heterocycles. The molecule has 1 aromatic carbocycles. The minimum Gasteiger partial charge on any atom is -0.491 e. The highest BCUT2D eigenvalue weighted by Gasteiger charge is 2.12. The molecule has 2 amide bonds. The van der Waals surface area contributed by atoms with Crippen LogP contribution in [-0.2, 0) is 0 Å². The van der Waals surface area contributed by atoms with E-state index in [2.05, 4.69) is 10.6 Å². The molecule has 0 spiro atoms. The first-order valence-electron chi connectivity index (χ1n) is 6.49. The molecule has 0 bridgehead atoms. The van der Waals surface area contributed by atoms with Crippen molar-refractivity contribution in [3.8, 4) is 5.75 Å². The largest absolute Gasteiger partial charge is 0.491 e. The molecule has 0 radical (unpaired) electrons. The summed E-state index contributed by atoms with van der Waals surface area (Å²) in [5, 5.41) is 15.4. The Balaban J connectivity index is 2.36. The maximum Gasteiger partial charge on any atom is 0.316 e. The minimum absolute atomic E-state index is 0.0386. The molecule has 6 nitrogen and oxygen atoms in total. The first-order chi connectivity index (χ1) is 9.26. The molecule has 0 fully saturated rings. The van der Waals surface area contributed by atoms with Crippen molar-refractivity contribution in [3.63, 3.8) is 0 Å². The number of hydrogen-bond donors (Lipinski definition) is 4. The zero-order valence-electron chi connectivity index (χ0n) is 12.1. The number of amides is 2. The molecule has 0 saturated carbocycles. The summed E-state index contributed by atoms with van der Waals surface area (Å²) >= 11 is 0. The van der Waals surface area contributed by atoms with Gasteiger partial charge in [0.05, 0.1) is 0 Å². The van der Waals surface area contributed by atoms with Gasteiger partial charge in [0.25, 0.3) is 0 Å². The van der Waals surface area contributed by atoms with Crippen molar-refractivity contribution in [3.05, 3.63) is 24.3 Å². The number of carbonyl (C=O) groups excluding carboxylic acids is 1. The van der Waals surface area contributed by atoms with Crippen LogP contribution in [0.4, 0.5) is 10.5 Å². The van der Waals surface area contributed by atoms with Crippen LogP contribution in [-0.4, -0.2) is 35.9 Å². The van der Waals surface area contributed by atoms with Gasteiger partial charge in [-0.25, -0.2) is 4.79 Å². The van der Waals surface area contributed by atoms with E-state index in [0.717, 1.165) is 0 Å². The molecule has 0 saturated heterocycles. The number of nitrogens with one attached hydrogen (secondary N) is 2. The SMILES string of the molecule is CC(C)(C)NC[C@@H](O)COc1ccc(NC(N)=O)cc1. The predicted octanol–water partition coefficient (Wildman–Crippen LogP) is 1.30. The quantitative estimate of drug-likeness (QED) is 0.632. The molecule has 1 aromatic rings. The highest BCUT2D eigenvalue weighted by Crippen LogP contribution is 2.15. The van der Waals surface area contributed by atoms with Crippen LogP contribution in [0, 0.1) is 0 Å². The molecule has 0 aliphatic carbocycles. The van der Waals surface area contributed by atoms with Gasteiger partial charge in [0.1, 0.15) is 18.5 Å². The summed E-state index contributed by atoms with van der Waals surface area (Å²) in [6, 6.07) is 6.16. The van der Waals surface area contributed by atoms with Crippen LogP contribution < -0.4 is 21.1 Å². The molecule has 5 N–H and O–H groups in total. The second kappa shape index (κ2) is 7.12. The van der Waals surface area contributed by atoms with E-state index in [1.807, 2.05) is 20.8 Å². The average Bonchev–Trinajstić information content (AvgIpc) is 2.34. The summed E-state index contributed by atoms with van der Waals surface area (Å²) in [5.74, 6) is 0.620. The fraction of sp³-hybridized carbons (Fsp3) is 0.500. The van der Waals surface area contributed by atoms with E-state index >= 15 is 0 Å². The zero-order valence-corrected chi connectivity index (χ0v) is 12.1. The Kier molecular flexibility index (Phi) is 5.79. The number of rotatable bonds is 6. The van der Waals surface area contributed by atoms with Crippen molar-refractivity contribution < 1.29 is 14.6 Å². The number of urea groups is 1. The lowest BCUT2D eigenvalue weighted by atomic mass is 10.1. The molecule has 0 aromatic heterocycles. The van der Waals surface area contributed by atoms with Gasteiger partial charge in [0, 0.05) is 17.8 Å². The molecule has 0 aliphatic heterocycles. The Hall–Kier alpha value is -1.79. The summed E-state index contributed by atoms with van der Waals surface area (Å²) in [6.07, 6.45) is -0.586. The van der Waals surface area contributed by atoms with Gasteiger partial charge in [0.2, 0.25) is 0 Å². The number of hydrogen-bond acceptors (Lipinski definition) is 4. The smallest absolute Gasteiger partial charge is 0.316 e. The van der Waals surface area contributed by atoms with Gasteiger partial charge < -0.3 is 26.2 Å². The number of ether oxygens (including phenoxy) is 1. The van der Waals surface area contributed by atoms with Gasteiger partial charge in [-0.2, -0.15) is 0 Å². The number of nitrogens with two attached hydrogens (primary N) is 1. The summed E-state index contributed by atoms with van der Waals surface area (Å²) < 4.78 is 5.46. The van der Waals surface area contributed by atoms with Crippen molar-refractivity contribution in [2.75, 3.05) is 18.5 Å². The number of anilines is 1. The van der Waals surface area contributed by atoms with Gasteiger partial charge in [-0.15, -0.1) is 0 Å². The van der Waals surface area contributed by atoms with E-state index in [0.29, 0.717) is 18.0 Å². The number of β-amino-alcohol motifs (C(OH)–C–C–N with tert-alkyl or cyclic N) is 1. The fourth-order valence-corrected chi connectivity index (χ4v) is 1.45. The molecule has 20 heavy (non-hydrogen) atoms. The first-order valence-corrected chi connectivity index (χ1v) is 6.49. The normalized spacial score (nSPS) is 12.8. The van der Waals surface area contributed by atoms with E-state index in [1.165, 1.54) is 0 Å². The highest BCUT2D eigenvalue weighted by molar-refractivity contribution is 5.87. The van der Waals surface area contributed by atoms with Gasteiger partial charge >= 0.3 is 6.03 Å². The number of benzene rings is 1. The number of aliphatic hydroxyl groups excluding tert-OH is 1. The van der Waals surface area contributed by atoms with Crippen LogP contribution in [0.3, 0.4) is 0 Å². The maximum absolute atomic E-state index is 10.7. The molecular weight excluding hydrogens is 258 g/mol. The second-order valence-electron chi connectivity index (χ2n) is 5.61. The van der Waals surface area contributed by atoms with Crippen LogP contribution in [0.25, 0.3) is 0 Å². The van der Waals surface area contributed by atoms with Crippen LogP contribution >= 0.6 is 0 Å². The number of primary amides is 1. The van der Waals surface area contributed by atoms with Gasteiger partial charge in [-0.1, -0.05) is 0 Å². The van der Waals surface area contributed by atoms with Gasteiger partial charge in [-0.3, -0.25) is 0 Å². The minimum atomic E-state index is -0.609. The Morgan fingerprint density at radius 3 is 2.45 bits per heavy atom. The van der Waals surface area contributed by atoms with Crippen LogP contribution in [0.15, 0.2) is 24.3 Å². The lowest BCUT2D eigenvalue weighted by molar-refractivity contribution is 0.100. The summed E-state index contributed by atoms with van der Waals surface area (Å²) in [6.45, 7) is 6.76. The number of carbonyl (C=O) groups is 1. The Morgan fingerprint density at radius 1 is 1.35 bits per heavy atom. The fourth-order valence-electron chi connectivity index (χ4n) is 1.45. The van der Waals surface area contributed by atoms with E-state index in [9.17, 15) is 9.90 Å². The third-order valence-electron chi connectivity index (χ3n) is 2.43. The third kappa shape index (κ3) is 6.96. The van der Waals surface area contributed by atoms with Crippen molar-refractivity contribution in [1.82, 2.24) is 5.32 Å². The topological polar surface area (TPSA) is 96.6 Å². The maximum atomic E-state index is 10.7. The predicted molar refractivity (Wildman–Crippen MR) is 78.9 cm³/mol. The average molecular weight is 281 g/mol. The lowest BCUT2D eigenvalue weighted by Gasteiger charge is -2.23.